The Morgan fingerprint density at radius 3 is 2.53 bits per heavy atom. The Kier molecular flexibility index (Phi) is 6.50. The van der Waals surface area contributed by atoms with Gasteiger partial charge in [-0.15, -0.1) is 0 Å². The molecule has 0 aromatic carbocycles. The quantitative estimate of drug-likeness (QED) is 0.767. The van der Waals surface area contributed by atoms with Crippen LogP contribution in [0.5, 0.6) is 0 Å². The second-order valence-corrected chi connectivity index (χ2v) is 6.02. The Morgan fingerprint density at radius 2 is 2.00 bits per heavy atom. The molecule has 0 spiro atoms. The molecular formula is C15H32N2. The maximum atomic E-state index is 3.67. The maximum Gasteiger partial charge on any atom is 0.0220 e. The first-order valence-electron chi connectivity index (χ1n) is 7.55. The highest BCUT2D eigenvalue weighted by atomic mass is 15.2. The molecule has 0 amide bonds. The van der Waals surface area contributed by atoms with E-state index in [-0.39, 0.29) is 0 Å². The Hall–Kier alpha value is -0.0800. The van der Waals surface area contributed by atoms with Crippen molar-refractivity contribution in [2.75, 3.05) is 19.6 Å². The van der Waals surface area contributed by atoms with Gasteiger partial charge in [-0.3, -0.25) is 4.90 Å². The molecule has 2 nitrogen and oxygen atoms in total. The molecule has 1 rings (SSSR count). The summed E-state index contributed by atoms with van der Waals surface area (Å²) in [5, 5.41) is 3.67. The molecule has 0 aromatic rings. The second kappa shape index (κ2) is 7.38. The molecule has 102 valence electrons. The average Bonchev–Trinajstić information content (AvgIpc) is 2.30. The topological polar surface area (TPSA) is 15.3 Å². The maximum absolute atomic E-state index is 3.67. The zero-order chi connectivity index (χ0) is 12.8. The van der Waals surface area contributed by atoms with E-state index in [0.717, 1.165) is 24.4 Å². The third-order valence-electron chi connectivity index (χ3n) is 4.50. The minimum Gasteiger partial charge on any atom is -0.313 e. The molecule has 4 atom stereocenters. The lowest BCUT2D eigenvalue weighted by Crippen LogP contribution is -2.50. The van der Waals surface area contributed by atoms with E-state index in [1.165, 1.54) is 32.4 Å². The summed E-state index contributed by atoms with van der Waals surface area (Å²) in [5.41, 5.74) is 0. The van der Waals surface area contributed by atoms with Crippen LogP contribution in [0.1, 0.15) is 53.9 Å². The summed E-state index contributed by atoms with van der Waals surface area (Å²) < 4.78 is 0. The van der Waals surface area contributed by atoms with Crippen LogP contribution in [0.25, 0.3) is 0 Å². The summed E-state index contributed by atoms with van der Waals surface area (Å²) >= 11 is 0. The normalized spacial score (nSPS) is 30.2. The van der Waals surface area contributed by atoms with E-state index < -0.39 is 0 Å². The van der Waals surface area contributed by atoms with Crippen LogP contribution >= 0.6 is 0 Å². The summed E-state index contributed by atoms with van der Waals surface area (Å²) in [6.07, 6.45) is 4.03. The van der Waals surface area contributed by atoms with Gasteiger partial charge in [-0.25, -0.2) is 0 Å². The third-order valence-corrected chi connectivity index (χ3v) is 4.50. The molecule has 0 aromatic heterocycles. The van der Waals surface area contributed by atoms with Crippen LogP contribution in [0.3, 0.4) is 0 Å². The van der Waals surface area contributed by atoms with Gasteiger partial charge in [0.1, 0.15) is 0 Å². The standard InChI is InChI=1S/C15H32N2/c1-6-13(4)15(16-7-2)11-17-9-8-12(3)10-14(17)5/h12-16H,6-11H2,1-5H3. The van der Waals surface area contributed by atoms with Crippen molar-refractivity contribution in [1.82, 2.24) is 10.2 Å². The Labute approximate surface area is 108 Å². The zero-order valence-corrected chi connectivity index (χ0v) is 12.5. The Bertz CT molecular complexity index is 205. The average molecular weight is 240 g/mol. The van der Waals surface area contributed by atoms with Gasteiger partial charge >= 0.3 is 0 Å². The van der Waals surface area contributed by atoms with Crippen molar-refractivity contribution in [2.45, 2.75) is 66.0 Å². The van der Waals surface area contributed by atoms with E-state index in [1.54, 1.807) is 0 Å². The fraction of sp³-hybridized carbons (Fsp3) is 1.00. The zero-order valence-electron chi connectivity index (χ0n) is 12.5. The number of nitrogens with zero attached hydrogens (tertiary/aromatic N) is 1. The lowest BCUT2D eigenvalue weighted by molar-refractivity contribution is 0.106. The molecule has 2 heteroatoms. The molecule has 0 radical (unpaired) electrons. The van der Waals surface area contributed by atoms with Crippen LogP contribution in [0.15, 0.2) is 0 Å². The number of nitrogens with one attached hydrogen (secondary N) is 1. The van der Waals surface area contributed by atoms with Crippen molar-refractivity contribution in [2.24, 2.45) is 11.8 Å². The Morgan fingerprint density at radius 1 is 1.29 bits per heavy atom. The first-order chi connectivity index (χ1) is 8.08. The molecule has 1 saturated heterocycles. The highest BCUT2D eigenvalue weighted by Gasteiger charge is 2.26. The van der Waals surface area contributed by atoms with Crippen LogP contribution in [-0.2, 0) is 0 Å². The highest BCUT2D eigenvalue weighted by Crippen LogP contribution is 2.23. The predicted octanol–water partition coefficient (Wildman–Crippen LogP) is 3.13. The van der Waals surface area contributed by atoms with Crippen LogP contribution in [0.4, 0.5) is 0 Å². The highest BCUT2D eigenvalue weighted by molar-refractivity contribution is 4.83. The van der Waals surface area contributed by atoms with E-state index in [1.807, 2.05) is 0 Å². The molecule has 1 N–H and O–H groups in total. The van der Waals surface area contributed by atoms with E-state index in [0.29, 0.717) is 6.04 Å². The molecule has 0 aliphatic carbocycles. The number of likely N-dealkylation sites (N-methyl/N-ethyl adjacent to an activating group) is 1. The van der Waals surface area contributed by atoms with Crippen molar-refractivity contribution in [3.63, 3.8) is 0 Å². The lowest BCUT2D eigenvalue weighted by atomic mass is 9.91. The summed E-state index contributed by atoms with van der Waals surface area (Å²) in [6.45, 7) is 15.3. The van der Waals surface area contributed by atoms with Crippen LogP contribution in [0, 0.1) is 11.8 Å². The van der Waals surface area contributed by atoms with Gasteiger partial charge < -0.3 is 5.32 Å². The molecule has 0 bridgehead atoms. The lowest BCUT2D eigenvalue weighted by Gasteiger charge is -2.40. The molecule has 1 fully saturated rings. The summed E-state index contributed by atoms with van der Waals surface area (Å²) in [5.74, 6) is 1.70. The number of hydrogen-bond acceptors (Lipinski definition) is 2. The van der Waals surface area contributed by atoms with Crippen LogP contribution < -0.4 is 5.32 Å². The minimum atomic E-state index is 0.667. The molecule has 4 unspecified atom stereocenters. The van der Waals surface area contributed by atoms with Crippen molar-refractivity contribution in [3.05, 3.63) is 0 Å². The molecular weight excluding hydrogens is 208 g/mol. The monoisotopic (exact) mass is 240 g/mol. The van der Waals surface area contributed by atoms with Gasteiger partial charge in [0.05, 0.1) is 0 Å². The van der Waals surface area contributed by atoms with Gasteiger partial charge in [-0.1, -0.05) is 34.1 Å². The van der Waals surface area contributed by atoms with Crippen molar-refractivity contribution in [3.8, 4) is 0 Å². The number of likely N-dealkylation sites (tertiary alicyclic amines) is 1. The summed E-state index contributed by atoms with van der Waals surface area (Å²) in [4.78, 5) is 2.69. The van der Waals surface area contributed by atoms with Gasteiger partial charge in [0, 0.05) is 18.6 Å². The smallest absolute Gasteiger partial charge is 0.0220 e. The van der Waals surface area contributed by atoms with Crippen molar-refractivity contribution in [1.29, 1.82) is 0 Å². The van der Waals surface area contributed by atoms with Gasteiger partial charge in [0.25, 0.3) is 0 Å². The largest absolute Gasteiger partial charge is 0.313 e. The van der Waals surface area contributed by atoms with E-state index in [2.05, 4.69) is 44.8 Å². The fourth-order valence-electron chi connectivity index (χ4n) is 2.97. The number of piperidine rings is 1. The minimum absolute atomic E-state index is 0.667. The number of hydrogen-bond donors (Lipinski definition) is 1. The molecule has 0 saturated carbocycles. The number of rotatable bonds is 6. The molecule has 1 aliphatic heterocycles. The van der Waals surface area contributed by atoms with Crippen LogP contribution in [-0.4, -0.2) is 36.6 Å². The van der Waals surface area contributed by atoms with E-state index in [4.69, 9.17) is 0 Å². The van der Waals surface area contributed by atoms with Gasteiger partial charge in [-0.05, 0) is 44.7 Å². The van der Waals surface area contributed by atoms with Crippen molar-refractivity contribution < 1.29 is 0 Å². The van der Waals surface area contributed by atoms with Crippen LogP contribution in [0.2, 0.25) is 0 Å². The van der Waals surface area contributed by atoms with Gasteiger partial charge in [0.2, 0.25) is 0 Å². The van der Waals surface area contributed by atoms with Crippen molar-refractivity contribution >= 4 is 0 Å². The summed E-state index contributed by atoms with van der Waals surface area (Å²) in [7, 11) is 0. The first kappa shape index (κ1) is 15.0. The molecule has 17 heavy (non-hydrogen) atoms. The third kappa shape index (κ3) is 4.59. The SMILES string of the molecule is CCNC(CN1CCC(C)CC1C)C(C)CC. The molecule has 1 aliphatic rings. The Balaban J connectivity index is 2.48. The molecule has 1 heterocycles. The van der Waals surface area contributed by atoms with Gasteiger partial charge in [0.15, 0.2) is 0 Å². The predicted molar refractivity (Wildman–Crippen MR) is 76.4 cm³/mol. The second-order valence-electron chi connectivity index (χ2n) is 6.02. The van der Waals surface area contributed by atoms with E-state index in [9.17, 15) is 0 Å². The first-order valence-corrected chi connectivity index (χ1v) is 7.55. The van der Waals surface area contributed by atoms with E-state index >= 15 is 0 Å². The summed E-state index contributed by atoms with van der Waals surface area (Å²) in [6, 6.07) is 1.44. The fourth-order valence-corrected chi connectivity index (χ4v) is 2.97. The van der Waals surface area contributed by atoms with Gasteiger partial charge in [-0.2, -0.15) is 0 Å².